The zero-order chi connectivity index (χ0) is 17.6. The van der Waals surface area contributed by atoms with Crippen LogP contribution in [0.4, 0.5) is 4.39 Å². The van der Waals surface area contributed by atoms with Crippen molar-refractivity contribution < 1.29 is 18.7 Å². The predicted octanol–water partition coefficient (Wildman–Crippen LogP) is 2.22. The second kappa shape index (κ2) is 8.11. The van der Waals surface area contributed by atoms with E-state index in [9.17, 15) is 9.18 Å². The molecule has 0 radical (unpaired) electrons. The van der Waals surface area contributed by atoms with Gasteiger partial charge in [0, 0.05) is 32.7 Å². The molecule has 7 heteroatoms. The van der Waals surface area contributed by atoms with E-state index in [0.29, 0.717) is 19.0 Å². The molecule has 1 atom stereocenters. The fourth-order valence-electron chi connectivity index (χ4n) is 3.01. The van der Waals surface area contributed by atoms with Gasteiger partial charge < -0.3 is 19.4 Å². The van der Waals surface area contributed by atoms with Crippen molar-refractivity contribution in [3.05, 3.63) is 48.3 Å². The number of aromatic nitrogens is 2. The number of amides is 1. The third-order valence-corrected chi connectivity index (χ3v) is 4.37. The summed E-state index contributed by atoms with van der Waals surface area (Å²) in [5.74, 6) is 0.970. The predicted molar refractivity (Wildman–Crippen MR) is 89.5 cm³/mol. The number of hydrogen-bond acceptors (Lipinski definition) is 4. The molecule has 134 valence electrons. The molecule has 2 heterocycles. The molecular weight excluding hydrogens is 325 g/mol. The summed E-state index contributed by atoms with van der Waals surface area (Å²) in [6, 6.07) is 5.40. The molecule has 1 aliphatic rings. The molecule has 0 bridgehead atoms. The summed E-state index contributed by atoms with van der Waals surface area (Å²) in [6.45, 7) is 1.25. The zero-order valence-corrected chi connectivity index (χ0v) is 14.2. The highest BCUT2D eigenvalue weighted by Crippen LogP contribution is 2.29. The van der Waals surface area contributed by atoms with E-state index in [1.54, 1.807) is 6.20 Å². The molecule has 6 nitrogen and oxygen atoms in total. The molecule has 1 N–H and O–H groups in total. The molecule has 0 spiro atoms. The van der Waals surface area contributed by atoms with Crippen LogP contribution in [0.2, 0.25) is 0 Å². The monoisotopic (exact) mass is 347 g/mol. The minimum Gasteiger partial charge on any atom is -0.484 e. The number of rotatable bonds is 6. The number of aryl methyl sites for hydroxylation is 1. The highest BCUT2D eigenvalue weighted by atomic mass is 19.1. The van der Waals surface area contributed by atoms with E-state index in [0.717, 1.165) is 18.7 Å². The van der Waals surface area contributed by atoms with E-state index in [-0.39, 0.29) is 30.3 Å². The van der Waals surface area contributed by atoms with Crippen LogP contribution in [-0.2, 0) is 16.6 Å². The van der Waals surface area contributed by atoms with Crippen LogP contribution < -0.4 is 10.1 Å². The summed E-state index contributed by atoms with van der Waals surface area (Å²) in [4.78, 5) is 16.8. The Morgan fingerprint density at radius 3 is 2.76 bits per heavy atom. The summed E-state index contributed by atoms with van der Waals surface area (Å²) >= 11 is 0. The van der Waals surface area contributed by atoms with E-state index in [4.69, 9.17) is 9.47 Å². The molecule has 1 amide bonds. The first-order chi connectivity index (χ1) is 12.1. The Morgan fingerprint density at radius 2 is 2.12 bits per heavy atom. The standard InChI is InChI=1S/C18H22FN3O3/c1-22-9-8-20-18(22)17(13-6-10-24-11-7-13)21-16(23)12-25-15-4-2-14(19)3-5-15/h2-5,8-9,13,17H,6-7,10-12H2,1H3,(H,21,23). The van der Waals surface area contributed by atoms with Crippen LogP contribution in [0.1, 0.15) is 24.7 Å². The van der Waals surface area contributed by atoms with Crippen molar-refractivity contribution in [2.45, 2.75) is 18.9 Å². The van der Waals surface area contributed by atoms with Crippen molar-refractivity contribution in [2.75, 3.05) is 19.8 Å². The third-order valence-electron chi connectivity index (χ3n) is 4.37. The summed E-state index contributed by atoms with van der Waals surface area (Å²) in [5.41, 5.74) is 0. The fourth-order valence-corrected chi connectivity index (χ4v) is 3.01. The number of ether oxygens (including phenoxy) is 2. The van der Waals surface area contributed by atoms with Gasteiger partial charge in [-0.2, -0.15) is 0 Å². The maximum absolute atomic E-state index is 12.9. The average molecular weight is 347 g/mol. The van der Waals surface area contributed by atoms with Gasteiger partial charge in [0.15, 0.2) is 6.61 Å². The first-order valence-electron chi connectivity index (χ1n) is 8.36. The quantitative estimate of drug-likeness (QED) is 0.870. The van der Waals surface area contributed by atoms with Crippen LogP contribution in [0.3, 0.4) is 0 Å². The highest BCUT2D eigenvalue weighted by molar-refractivity contribution is 5.78. The topological polar surface area (TPSA) is 65.4 Å². The lowest BCUT2D eigenvalue weighted by atomic mass is 9.91. The van der Waals surface area contributed by atoms with E-state index < -0.39 is 0 Å². The van der Waals surface area contributed by atoms with Crippen LogP contribution in [0, 0.1) is 11.7 Å². The number of nitrogens with one attached hydrogen (secondary N) is 1. The minimum atomic E-state index is -0.342. The molecule has 2 aromatic rings. The van der Waals surface area contributed by atoms with Crippen LogP contribution in [0.15, 0.2) is 36.7 Å². The van der Waals surface area contributed by atoms with Crippen molar-refractivity contribution in [1.82, 2.24) is 14.9 Å². The number of imidazole rings is 1. The van der Waals surface area contributed by atoms with Crippen LogP contribution in [-0.4, -0.2) is 35.3 Å². The van der Waals surface area contributed by atoms with Crippen LogP contribution in [0.25, 0.3) is 0 Å². The van der Waals surface area contributed by atoms with E-state index in [1.165, 1.54) is 24.3 Å². The average Bonchev–Trinajstić information content (AvgIpc) is 3.06. The van der Waals surface area contributed by atoms with Gasteiger partial charge in [-0.1, -0.05) is 0 Å². The van der Waals surface area contributed by atoms with E-state index in [1.807, 2.05) is 17.8 Å². The van der Waals surface area contributed by atoms with Gasteiger partial charge in [-0.25, -0.2) is 9.37 Å². The third kappa shape index (κ3) is 4.57. The summed E-state index contributed by atoms with van der Waals surface area (Å²) in [7, 11) is 1.91. The van der Waals surface area contributed by atoms with Crippen molar-refractivity contribution in [2.24, 2.45) is 13.0 Å². The van der Waals surface area contributed by atoms with Gasteiger partial charge in [0.2, 0.25) is 0 Å². The molecule has 1 aromatic carbocycles. The maximum atomic E-state index is 12.9. The van der Waals surface area contributed by atoms with E-state index in [2.05, 4.69) is 10.3 Å². The van der Waals surface area contributed by atoms with Gasteiger partial charge in [-0.05, 0) is 43.0 Å². The zero-order valence-electron chi connectivity index (χ0n) is 14.2. The van der Waals surface area contributed by atoms with Gasteiger partial charge in [-0.15, -0.1) is 0 Å². The molecule has 1 fully saturated rings. The molecular formula is C18H22FN3O3. The summed E-state index contributed by atoms with van der Waals surface area (Å²) in [5, 5.41) is 3.03. The lowest BCUT2D eigenvalue weighted by Gasteiger charge is -2.30. The number of nitrogens with zero attached hydrogens (tertiary/aromatic N) is 2. The Bertz CT molecular complexity index is 696. The lowest BCUT2D eigenvalue weighted by molar-refractivity contribution is -0.124. The summed E-state index contributed by atoms with van der Waals surface area (Å²) in [6.07, 6.45) is 5.33. The molecule has 1 aromatic heterocycles. The van der Waals surface area contributed by atoms with Gasteiger partial charge >= 0.3 is 0 Å². The van der Waals surface area contributed by atoms with Gasteiger partial charge in [0.25, 0.3) is 5.91 Å². The SMILES string of the molecule is Cn1ccnc1C(NC(=O)COc1ccc(F)cc1)C1CCOCC1. The molecule has 3 rings (SSSR count). The molecule has 0 saturated carbocycles. The molecule has 1 aliphatic heterocycles. The Hall–Kier alpha value is -2.41. The second-order valence-corrected chi connectivity index (χ2v) is 6.13. The van der Waals surface area contributed by atoms with Gasteiger partial charge in [-0.3, -0.25) is 4.79 Å². The molecule has 25 heavy (non-hydrogen) atoms. The van der Waals surface area contributed by atoms with Crippen molar-refractivity contribution in [3.8, 4) is 5.75 Å². The minimum absolute atomic E-state index is 0.129. The number of hydrogen-bond donors (Lipinski definition) is 1. The first-order valence-corrected chi connectivity index (χ1v) is 8.36. The van der Waals surface area contributed by atoms with Crippen molar-refractivity contribution in [3.63, 3.8) is 0 Å². The Morgan fingerprint density at radius 1 is 1.40 bits per heavy atom. The second-order valence-electron chi connectivity index (χ2n) is 6.13. The fraction of sp³-hybridized carbons (Fsp3) is 0.444. The first kappa shape index (κ1) is 17.4. The normalized spacial score (nSPS) is 16.4. The summed E-state index contributed by atoms with van der Waals surface area (Å²) < 4.78 is 25.7. The van der Waals surface area contributed by atoms with Crippen LogP contribution in [0.5, 0.6) is 5.75 Å². The van der Waals surface area contributed by atoms with Crippen LogP contribution >= 0.6 is 0 Å². The Labute approximate surface area is 146 Å². The largest absolute Gasteiger partial charge is 0.484 e. The highest BCUT2D eigenvalue weighted by Gasteiger charge is 2.29. The number of carbonyl (C=O) groups excluding carboxylic acids is 1. The lowest BCUT2D eigenvalue weighted by Crippen LogP contribution is -2.39. The molecule has 1 saturated heterocycles. The number of halogens is 1. The van der Waals surface area contributed by atoms with Gasteiger partial charge in [0.05, 0.1) is 6.04 Å². The van der Waals surface area contributed by atoms with Gasteiger partial charge in [0.1, 0.15) is 17.4 Å². The Kier molecular flexibility index (Phi) is 5.65. The Balaban J connectivity index is 1.63. The van der Waals surface area contributed by atoms with Crippen molar-refractivity contribution >= 4 is 5.91 Å². The smallest absolute Gasteiger partial charge is 0.258 e. The maximum Gasteiger partial charge on any atom is 0.258 e. The number of benzene rings is 1. The number of carbonyl (C=O) groups is 1. The van der Waals surface area contributed by atoms with Crippen molar-refractivity contribution in [1.29, 1.82) is 0 Å². The molecule has 1 unspecified atom stereocenters. The molecule has 0 aliphatic carbocycles. The van der Waals surface area contributed by atoms with E-state index >= 15 is 0 Å².